The fourth-order valence-electron chi connectivity index (χ4n) is 8.67. The molecule has 4 saturated carbocycles. The summed E-state index contributed by atoms with van der Waals surface area (Å²) in [5, 5.41) is 24.2. The molecule has 8 atom stereocenters. The number of carbonyl (C=O) groups excluding carboxylic acids is 1. The number of aromatic nitrogens is 2. The molecule has 1 N–H and O–H groups in total. The Morgan fingerprint density at radius 3 is 2.78 bits per heavy atom. The number of nitriles is 1. The van der Waals surface area contributed by atoms with Gasteiger partial charge in [0.25, 0.3) is 0 Å². The SMILES string of the molecule is COC[C@@]1(O)CC[C@H]2[C@H](CC[C@@H]3[C@@H]2CC[C@]2(C)[C@@H](C(=O)Cn4cc(C#N)cn4)CC[C@@H]32)C1. The van der Waals surface area contributed by atoms with Crippen LogP contribution in [0.5, 0.6) is 0 Å². The number of ketones is 1. The molecule has 1 aromatic heterocycles. The minimum absolute atomic E-state index is 0.0990. The van der Waals surface area contributed by atoms with Crippen LogP contribution >= 0.6 is 0 Å². The van der Waals surface area contributed by atoms with Crippen LogP contribution in [-0.4, -0.2) is 40.0 Å². The molecule has 1 aromatic rings. The van der Waals surface area contributed by atoms with E-state index in [1.54, 1.807) is 18.0 Å². The van der Waals surface area contributed by atoms with Crippen LogP contribution in [0.2, 0.25) is 0 Å². The molecule has 5 rings (SSSR count). The normalized spacial score (nSPS) is 43.1. The van der Waals surface area contributed by atoms with E-state index in [0.29, 0.717) is 24.0 Å². The lowest BCUT2D eigenvalue weighted by Gasteiger charge is -2.57. The second-order valence-electron chi connectivity index (χ2n) is 11.5. The van der Waals surface area contributed by atoms with Crippen molar-refractivity contribution in [3.63, 3.8) is 0 Å². The van der Waals surface area contributed by atoms with E-state index in [0.717, 1.165) is 49.9 Å². The van der Waals surface area contributed by atoms with Crippen molar-refractivity contribution >= 4 is 5.78 Å². The first-order valence-corrected chi connectivity index (χ1v) is 12.5. The third-order valence-corrected chi connectivity index (χ3v) is 9.99. The van der Waals surface area contributed by atoms with Crippen LogP contribution in [0.3, 0.4) is 0 Å². The summed E-state index contributed by atoms with van der Waals surface area (Å²) in [7, 11) is 1.69. The minimum atomic E-state index is -0.630. The van der Waals surface area contributed by atoms with E-state index in [1.807, 2.05) is 0 Å². The summed E-state index contributed by atoms with van der Waals surface area (Å²) in [6.07, 6.45) is 13.1. The highest BCUT2D eigenvalue weighted by molar-refractivity contribution is 5.82. The lowest BCUT2D eigenvalue weighted by molar-refractivity contribution is -0.136. The predicted molar refractivity (Wildman–Crippen MR) is 119 cm³/mol. The summed E-state index contributed by atoms with van der Waals surface area (Å²) < 4.78 is 6.96. The fraction of sp³-hybridized carbons (Fsp3) is 0.808. The highest BCUT2D eigenvalue weighted by Crippen LogP contribution is 2.64. The van der Waals surface area contributed by atoms with Crippen molar-refractivity contribution in [2.75, 3.05) is 13.7 Å². The second kappa shape index (κ2) is 8.25. The molecule has 0 aliphatic heterocycles. The Hall–Kier alpha value is -1.71. The number of hydrogen-bond donors (Lipinski definition) is 1. The highest BCUT2D eigenvalue weighted by atomic mass is 16.5. The standard InChI is InChI=1S/C26H37N3O3/c1-25-9-7-20-19-8-10-26(31,16-32-2)11-18(19)3-4-21(20)22(25)5-6-23(25)24(30)15-29-14-17(12-27)13-28-29/h13-14,18-23,31H,3-11,15-16H2,1-2H3/t18-,19+,20-,21-,22+,23-,25+,26-/m1/s1. The number of ether oxygens (including phenoxy) is 1. The molecule has 0 spiro atoms. The molecular formula is C26H37N3O3. The monoisotopic (exact) mass is 439 g/mol. The van der Waals surface area contributed by atoms with Gasteiger partial charge in [0.05, 0.1) is 30.5 Å². The summed E-state index contributed by atoms with van der Waals surface area (Å²) >= 11 is 0. The summed E-state index contributed by atoms with van der Waals surface area (Å²) in [6.45, 7) is 3.13. The van der Waals surface area contributed by atoms with Crippen molar-refractivity contribution in [3.05, 3.63) is 18.0 Å². The van der Waals surface area contributed by atoms with Crippen molar-refractivity contribution in [1.29, 1.82) is 5.26 Å². The number of hydrogen-bond acceptors (Lipinski definition) is 5. The number of fused-ring (bicyclic) bond motifs is 5. The zero-order valence-electron chi connectivity index (χ0n) is 19.5. The topological polar surface area (TPSA) is 88.1 Å². The zero-order valence-corrected chi connectivity index (χ0v) is 19.5. The number of carbonyl (C=O) groups is 1. The fourth-order valence-corrected chi connectivity index (χ4v) is 8.67. The van der Waals surface area contributed by atoms with Crippen LogP contribution in [0.25, 0.3) is 0 Å². The van der Waals surface area contributed by atoms with Gasteiger partial charge in [-0.2, -0.15) is 10.4 Å². The molecule has 4 fully saturated rings. The zero-order chi connectivity index (χ0) is 22.5. The Bertz CT molecular complexity index is 906. The number of rotatable bonds is 5. The Labute approximate surface area is 191 Å². The number of nitrogens with zero attached hydrogens (tertiary/aromatic N) is 3. The molecule has 0 bridgehead atoms. The van der Waals surface area contributed by atoms with Crippen molar-refractivity contribution < 1.29 is 14.6 Å². The van der Waals surface area contributed by atoms with Crippen LogP contribution in [0.15, 0.2) is 12.4 Å². The summed E-state index contributed by atoms with van der Waals surface area (Å²) in [5.41, 5.74) is -0.0216. The molecule has 0 unspecified atom stereocenters. The first-order valence-electron chi connectivity index (χ1n) is 12.5. The molecular weight excluding hydrogens is 402 g/mol. The average Bonchev–Trinajstić information content (AvgIpc) is 3.36. The van der Waals surface area contributed by atoms with Gasteiger partial charge in [-0.05, 0) is 92.8 Å². The first-order chi connectivity index (χ1) is 15.4. The molecule has 0 radical (unpaired) electrons. The maximum atomic E-state index is 13.3. The molecule has 32 heavy (non-hydrogen) atoms. The highest BCUT2D eigenvalue weighted by Gasteiger charge is 2.59. The second-order valence-corrected chi connectivity index (χ2v) is 11.5. The molecule has 4 aliphatic carbocycles. The van der Waals surface area contributed by atoms with Crippen LogP contribution < -0.4 is 0 Å². The summed E-state index contributed by atoms with van der Waals surface area (Å²) in [6, 6.07) is 2.09. The van der Waals surface area contributed by atoms with Crippen LogP contribution in [0, 0.1) is 52.3 Å². The predicted octanol–water partition coefficient (Wildman–Crippen LogP) is 3.97. The summed E-state index contributed by atoms with van der Waals surface area (Å²) in [4.78, 5) is 13.3. The van der Waals surface area contributed by atoms with E-state index < -0.39 is 5.60 Å². The quantitative estimate of drug-likeness (QED) is 0.750. The Kier molecular flexibility index (Phi) is 5.70. The van der Waals surface area contributed by atoms with Crippen molar-refractivity contribution in [2.24, 2.45) is 40.9 Å². The van der Waals surface area contributed by atoms with Gasteiger partial charge in [-0.15, -0.1) is 0 Å². The molecule has 6 heteroatoms. The van der Waals surface area contributed by atoms with Gasteiger partial charge in [-0.1, -0.05) is 6.92 Å². The number of aliphatic hydroxyl groups is 1. The Morgan fingerprint density at radius 2 is 2.03 bits per heavy atom. The lowest BCUT2D eigenvalue weighted by Crippen LogP contribution is -2.52. The van der Waals surface area contributed by atoms with Gasteiger partial charge < -0.3 is 9.84 Å². The van der Waals surface area contributed by atoms with Gasteiger partial charge in [0.1, 0.15) is 6.07 Å². The number of Topliss-reactive ketones (excluding diaryl/α,β-unsaturated/α-hetero) is 1. The number of methoxy groups -OCH3 is 1. The van der Waals surface area contributed by atoms with Gasteiger partial charge in [0.2, 0.25) is 0 Å². The van der Waals surface area contributed by atoms with Crippen LogP contribution in [-0.2, 0) is 16.1 Å². The van der Waals surface area contributed by atoms with E-state index in [1.165, 1.54) is 31.9 Å². The van der Waals surface area contributed by atoms with Gasteiger partial charge in [0.15, 0.2) is 5.78 Å². The summed E-state index contributed by atoms with van der Waals surface area (Å²) in [5.74, 6) is 3.90. The molecule has 0 aromatic carbocycles. The van der Waals surface area contributed by atoms with Crippen molar-refractivity contribution in [1.82, 2.24) is 9.78 Å². The van der Waals surface area contributed by atoms with E-state index in [2.05, 4.69) is 18.1 Å². The van der Waals surface area contributed by atoms with E-state index in [-0.39, 0.29) is 23.7 Å². The molecule has 174 valence electrons. The van der Waals surface area contributed by atoms with Crippen molar-refractivity contribution in [3.8, 4) is 6.07 Å². The van der Waals surface area contributed by atoms with Gasteiger partial charge in [-0.25, -0.2) is 0 Å². The molecule has 0 amide bonds. The molecule has 6 nitrogen and oxygen atoms in total. The maximum absolute atomic E-state index is 13.3. The third kappa shape index (κ3) is 3.62. The first kappa shape index (κ1) is 22.1. The van der Waals surface area contributed by atoms with E-state index >= 15 is 0 Å². The van der Waals surface area contributed by atoms with Crippen LogP contribution in [0.1, 0.15) is 70.3 Å². The van der Waals surface area contributed by atoms with Gasteiger partial charge in [-0.3, -0.25) is 9.48 Å². The van der Waals surface area contributed by atoms with Crippen molar-refractivity contribution in [2.45, 2.75) is 76.9 Å². The smallest absolute Gasteiger partial charge is 0.157 e. The maximum Gasteiger partial charge on any atom is 0.157 e. The Morgan fingerprint density at radius 1 is 1.22 bits per heavy atom. The van der Waals surface area contributed by atoms with E-state index in [9.17, 15) is 9.90 Å². The minimum Gasteiger partial charge on any atom is -0.387 e. The average molecular weight is 440 g/mol. The molecule has 4 aliphatic rings. The van der Waals surface area contributed by atoms with E-state index in [4.69, 9.17) is 10.00 Å². The largest absolute Gasteiger partial charge is 0.387 e. The van der Waals surface area contributed by atoms with Gasteiger partial charge in [0, 0.05) is 19.2 Å². The molecule has 0 saturated heterocycles. The van der Waals surface area contributed by atoms with Crippen LogP contribution in [0.4, 0.5) is 0 Å². The molecule has 1 heterocycles. The third-order valence-electron chi connectivity index (χ3n) is 9.99. The Balaban J connectivity index is 1.28. The van der Waals surface area contributed by atoms with Gasteiger partial charge >= 0.3 is 0 Å². The lowest BCUT2D eigenvalue weighted by atomic mass is 9.49.